The van der Waals surface area contributed by atoms with Gasteiger partial charge < -0.3 is 10.6 Å². The summed E-state index contributed by atoms with van der Waals surface area (Å²) in [5.74, 6) is 0.0742. The highest BCUT2D eigenvalue weighted by Gasteiger charge is 2.15. The van der Waals surface area contributed by atoms with Gasteiger partial charge in [0.05, 0.1) is 17.9 Å². The second kappa shape index (κ2) is 5.89. The summed E-state index contributed by atoms with van der Waals surface area (Å²) >= 11 is 0. The third kappa shape index (κ3) is 3.48. The van der Waals surface area contributed by atoms with Crippen molar-refractivity contribution >= 4 is 11.6 Å². The van der Waals surface area contributed by atoms with Gasteiger partial charge in [-0.05, 0) is 19.8 Å². The fraction of sp³-hybridized carbons (Fsp3) is 0.692. The molecular formula is C13H22N4O. The number of rotatable bonds is 4. The quantitative estimate of drug-likeness (QED) is 0.853. The largest absolute Gasteiger partial charge is 0.373 e. The normalized spacial score (nSPS) is 16.6. The molecule has 2 N–H and O–H groups in total. The molecule has 0 atom stereocenters. The van der Waals surface area contributed by atoms with E-state index >= 15 is 0 Å². The van der Waals surface area contributed by atoms with E-state index in [9.17, 15) is 4.79 Å². The van der Waals surface area contributed by atoms with Crippen LogP contribution in [0.5, 0.6) is 0 Å². The van der Waals surface area contributed by atoms with Crippen LogP contribution in [0.1, 0.15) is 37.8 Å². The minimum absolute atomic E-state index is 0.0742. The third-order valence-electron chi connectivity index (χ3n) is 3.42. The Morgan fingerprint density at radius 1 is 1.44 bits per heavy atom. The van der Waals surface area contributed by atoms with E-state index < -0.39 is 0 Å². The monoisotopic (exact) mass is 250 g/mol. The van der Waals surface area contributed by atoms with Crippen molar-refractivity contribution in [1.29, 1.82) is 0 Å². The summed E-state index contributed by atoms with van der Waals surface area (Å²) in [6.07, 6.45) is 7.91. The first kappa shape index (κ1) is 12.9. The summed E-state index contributed by atoms with van der Waals surface area (Å²) in [6.45, 7) is 2.25. The number of amides is 1. The molecule has 1 aromatic rings. The van der Waals surface area contributed by atoms with Crippen molar-refractivity contribution in [3.63, 3.8) is 0 Å². The Balaban J connectivity index is 1.75. The van der Waals surface area contributed by atoms with E-state index in [1.807, 2.05) is 20.2 Å². The van der Waals surface area contributed by atoms with Crippen LogP contribution in [-0.4, -0.2) is 28.3 Å². The van der Waals surface area contributed by atoms with Gasteiger partial charge in [-0.25, -0.2) is 0 Å². The Kier molecular flexibility index (Phi) is 4.23. The van der Waals surface area contributed by atoms with Crippen molar-refractivity contribution < 1.29 is 4.79 Å². The van der Waals surface area contributed by atoms with E-state index in [0.717, 1.165) is 24.2 Å². The van der Waals surface area contributed by atoms with Crippen molar-refractivity contribution in [2.45, 2.75) is 45.1 Å². The van der Waals surface area contributed by atoms with Crippen LogP contribution in [0.4, 0.5) is 5.69 Å². The van der Waals surface area contributed by atoms with Gasteiger partial charge in [-0.3, -0.25) is 9.48 Å². The maximum absolute atomic E-state index is 11.8. The summed E-state index contributed by atoms with van der Waals surface area (Å²) in [6, 6.07) is 0.378. The van der Waals surface area contributed by atoms with Crippen LogP contribution in [0.3, 0.4) is 0 Å². The maximum Gasteiger partial charge on any atom is 0.239 e. The average molecular weight is 250 g/mol. The standard InChI is InChI=1S/C13H22N4O/c1-10-12(9-17(2)16-10)14-8-13(18)15-11-6-4-3-5-7-11/h9,11,14H,3-8H2,1-2H3,(H,15,18). The molecule has 1 fully saturated rings. The molecule has 1 aliphatic carbocycles. The lowest BCUT2D eigenvalue weighted by Crippen LogP contribution is -2.39. The van der Waals surface area contributed by atoms with Crippen LogP contribution >= 0.6 is 0 Å². The summed E-state index contributed by atoms with van der Waals surface area (Å²) < 4.78 is 1.75. The van der Waals surface area contributed by atoms with Crippen LogP contribution in [0, 0.1) is 6.92 Å². The number of hydrogen-bond acceptors (Lipinski definition) is 3. The molecule has 0 spiro atoms. The molecule has 0 unspecified atom stereocenters. The van der Waals surface area contributed by atoms with Crippen molar-refractivity contribution in [3.8, 4) is 0 Å². The molecule has 5 nitrogen and oxygen atoms in total. The number of anilines is 1. The average Bonchev–Trinajstić information content (AvgIpc) is 2.66. The SMILES string of the molecule is Cc1nn(C)cc1NCC(=O)NC1CCCCC1. The van der Waals surface area contributed by atoms with Gasteiger partial charge >= 0.3 is 0 Å². The zero-order chi connectivity index (χ0) is 13.0. The van der Waals surface area contributed by atoms with Gasteiger partial charge in [-0.15, -0.1) is 0 Å². The van der Waals surface area contributed by atoms with Crippen LogP contribution < -0.4 is 10.6 Å². The predicted octanol–water partition coefficient (Wildman–Crippen LogP) is 1.59. The molecule has 0 saturated heterocycles. The highest BCUT2D eigenvalue weighted by molar-refractivity contribution is 5.81. The summed E-state index contributed by atoms with van der Waals surface area (Å²) in [5, 5.41) is 10.4. The molecule has 1 aromatic heterocycles. The number of hydrogen-bond donors (Lipinski definition) is 2. The van der Waals surface area contributed by atoms with Gasteiger partial charge in [-0.2, -0.15) is 5.10 Å². The molecule has 5 heteroatoms. The topological polar surface area (TPSA) is 59.0 Å². The maximum atomic E-state index is 11.8. The zero-order valence-electron chi connectivity index (χ0n) is 11.2. The molecule has 0 radical (unpaired) electrons. The van der Waals surface area contributed by atoms with Gasteiger partial charge in [0, 0.05) is 19.3 Å². The lowest BCUT2D eigenvalue weighted by molar-refractivity contribution is -0.120. The van der Waals surface area contributed by atoms with E-state index in [-0.39, 0.29) is 5.91 Å². The van der Waals surface area contributed by atoms with Crippen molar-refractivity contribution in [2.75, 3.05) is 11.9 Å². The molecule has 1 saturated carbocycles. The van der Waals surface area contributed by atoms with Crippen molar-refractivity contribution in [2.24, 2.45) is 7.05 Å². The van der Waals surface area contributed by atoms with Gasteiger partial charge in [0.1, 0.15) is 0 Å². The first-order valence-electron chi connectivity index (χ1n) is 6.68. The molecule has 1 aliphatic rings. The van der Waals surface area contributed by atoms with E-state index in [0.29, 0.717) is 12.6 Å². The number of aromatic nitrogens is 2. The molecule has 0 aliphatic heterocycles. The Morgan fingerprint density at radius 3 is 2.78 bits per heavy atom. The third-order valence-corrected chi connectivity index (χ3v) is 3.42. The highest BCUT2D eigenvalue weighted by atomic mass is 16.1. The number of nitrogens with one attached hydrogen (secondary N) is 2. The smallest absolute Gasteiger partial charge is 0.239 e. The van der Waals surface area contributed by atoms with Crippen LogP contribution in [0.15, 0.2) is 6.20 Å². The van der Waals surface area contributed by atoms with Crippen LogP contribution in [0.25, 0.3) is 0 Å². The zero-order valence-corrected chi connectivity index (χ0v) is 11.2. The predicted molar refractivity (Wildman–Crippen MR) is 71.5 cm³/mol. The van der Waals surface area contributed by atoms with Crippen LogP contribution in [0.2, 0.25) is 0 Å². The second-order valence-corrected chi connectivity index (χ2v) is 5.06. The van der Waals surface area contributed by atoms with Gasteiger partial charge in [0.2, 0.25) is 5.91 Å². The number of carbonyl (C=O) groups is 1. The van der Waals surface area contributed by atoms with Crippen molar-refractivity contribution in [3.05, 3.63) is 11.9 Å². The first-order chi connectivity index (χ1) is 8.65. The lowest BCUT2D eigenvalue weighted by atomic mass is 9.95. The fourth-order valence-corrected chi connectivity index (χ4v) is 2.47. The number of carbonyl (C=O) groups excluding carboxylic acids is 1. The summed E-state index contributed by atoms with van der Waals surface area (Å²) in [5.41, 5.74) is 1.85. The molecule has 18 heavy (non-hydrogen) atoms. The second-order valence-electron chi connectivity index (χ2n) is 5.06. The molecule has 1 amide bonds. The van der Waals surface area contributed by atoms with Gasteiger partial charge in [0.25, 0.3) is 0 Å². The van der Waals surface area contributed by atoms with Crippen molar-refractivity contribution in [1.82, 2.24) is 15.1 Å². The lowest BCUT2D eigenvalue weighted by Gasteiger charge is -2.22. The van der Waals surface area contributed by atoms with E-state index in [1.165, 1.54) is 19.3 Å². The van der Waals surface area contributed by atoms with E-state index in [4.69, 9.17) is 0 Å². The molecule has 0 aromatic carbocycles. The van der Waals surface area contributed by atoms with Gasteiger partial charge in [0.15, 0.2) is 0 Å². The molecule has 2 rings (SSSR count). The summed E-state index contributed by atoms with van der Waals surface area (Å²) in [4.78, 5) is 11.8. The fourth-order valence-electron chi connectivity index (χ4n) is 2.47. The van der Waals surface area contributed by atoms with Gasteiger partial charge in [-0.1, -0.05) is 19.3 Å². The van der Waals surface area contributed by atoms with E-state index in [1.54, 1.807) is 4.68 Å². The molecule has 0 bridgehead atoms. The summed E-state index contributed by atoms with van der Waals surface area (Å²) in [7, 11) is 1.88. The Morgan fingerprint density at radius 2 is 2.17 bits per heavy atom. The Bertz CT molecular complexity index is 407. The minimum Gasteiger partial charge on any atom is -0.373 e. The highest BCUT2D eigenvalue weighted by Crippen LogP contribution is 2.17. The van der Waals surface area contributed by atoms with Crippen LogP contribution in [-0.2, 0) is 11.8 Å². The Hall–Kier alpha value is -1.52. The van der Waals surface area contributed by atoms with E-state index in [2.05, 4.69) is 15.7 Å². The molecule has 100 valence electrons. The molecule has 1 heterocycles. The molecular weight excluding hydrogens is 228 g/mol. The minimum atomic E-state index is 0.0742. The number of aryl methyl sites for hydroxylation is 2. The number of nitrogens with zero attached hydrogens (tertiary/aromatic N) is 2. The Labute approximate surface area is 108 Å². The first-order valence-corrected chi connectivity index (χ1v) is 6.68.